The van der Waals surface area contributed by atoms with Crippen LogP contribution in [0.5, 0.6) is 0 Å². The van der Waals surface area contributed by atoms with Gasteiger partial charge in [-0.3, -0.25) is 4.79 Å². The van der Waals surface area contributed by atoms with Gasteiger partial charge < -0.3 is 15.3 Å². The van der Waals surface area contributed by atoms with Gasteiger partial charge in [0.05, 0.1) is 5.92 Å². The molecular formula is C16H17FN4O2. The molecular weight excluding hydrogens is 299 g/mol. The minimum Gasteiger partial charge on any atom is -0.481 e. The van der Waals surface area contributed by atoms with E-state index in [2.05, 4.69) is 15.3 Å². The zero-order valence-electron chi connectivity index (χ0n) is 12.4. The van der Waals surface area contributed by atoms with Gasteiger partial charge in [-0.05, 0) is 31.0 Å². The second-order valence-electron chi connectivity index (χ2n) is 5.52. The number of nitrogens with zero attached hydrogens (tertiary/aromatic N) is 3. The van der Waals surface area contributed by atoms with Crippen LogP contribution in [0.1, 0.15) is 12.8 Å². The summed E-state index contributed by atoms with van der Waals surface area (Å²) in [5.74, 6) is -0.271. The Balaban J connectivity index is 1.75. The van der Waals surface area contributed by atoms with Gasteiger partial charge in [0.25, 0.3) is 0 Å². The van der Waals surface area contributed by atoms with Crippen LogP contribution < -0.4 is 10.2 Å². The van der Waals surface area contributed by atoms with Crippen molar-refractivity contribution in [1.82, 2.24) is 9.97 Å². The lowest BCUT2D eigenvalue weighted by atomic mass is 9.98. The molecule has 6 nitrogen and oxygen atoms in total. The van der Waals surface area contributed by atoms with E-state index in [4.69, 9.17) is 0 Å². The average molecular weight is 316 g/mol. The van der Waals surface area contributed by atoms with Crippen molar-refractivity contribution in [3.63, 3.8) is 0 Å². The molecule has 23 heavy (non-hydrogen) atoms. The normalized spacial score (nSPS) is 17.8. The number of anilines is 3. The number of carboxylic acid groups (broad SMARTS) is 1. The van der Waals surface area contributed by atoms with Gasteiger partial charge in [0.15, 0.2) is 0 Å². The van der Waals surface area contributed by atoms with Crippen LogP contribution in [-0.2, 0) is 4.79 Å². The molecule has 3 rings (SSSR count). The fourth-order valence-corrected chi connectivity index (χ4v) is 2.69. The first-order chi connectivity index (χ1) is 11.1. The summed E-state index contributed by atoms with van der Waals surface area (Å²) in [5.41, 5.74) is 0.594. The number of nitrogens with one attached hydrogen (secondary N) is 1. The highest BCUT2D eigenvalue weighted by atomic mass is 19.1. The summed E-state index contributed by atoms with van der Waals surface area (Å²) in [4.78, 5) is 21.5. The number of hydrogen-bond donors (Lipinski definition) is 2. The van der Waals surface area contributed by atoms with Crippen LogP contribution in [0.4, 0.5) is 21.7 Å². The smallest absolute Gasteiger partial charge is 0.308 e. The summed E-state index contributed by atoms with van der Waals surface area (Å²) < 4.78 is 13.2. The molecule has 1 fully saturated rings. The minimum atomic E-state index is -0.776. The van der Waals surface area contributed by atoms with E-state index in [1.54, 1.807) is 18.2 Å². The third-order valence-corrected chi connectivity index (χ3v) is 3.84. The first-order valence-electron chi connectivity index (χ1n) is 7.44. The Bertz CT molecular complexity index is 710. The van der Waals surface area contributed by atoms with Crippen molar-refractivity contribution < 1.29 is 14.3 Å². The number of carboxylic acids is 1. The van der Waals surface area contributed by atoms with Gasteiger partial charge in [-0.1, -0.05) is 6.07 Å². The zero-order chi connectivity index (χ0) is 16.2. The van der Waals surface area contributed by atoms with E-state index in [1.165, 1.54) is 18.5 Å². The van der Waals surface area contributed by atoms with Crippen molar-refractivity contribution in [2.75, 3.05) is 23.3 Å². The number of aromatic nitrogens is 2. The molecule has 2 aromatic rings. The number of halogens is 1. The van der Waals surface area contributed by atoms with E-state index in [0.717, 1.165) is 13.0 Å². The summed E-state index contributed by atoms with van der Waals surface area (Å²) in [6.45, 7) is 1.20. The van der Waals surface area contributed by atoms with Gasteiger partial charge in [0.1, 0.15) is 23.8 Å². The number of hydrogen-bond acceptors (Lipinski definition) is 5. The molecule has 1 aromatic heterocycles. The molecule has 2 N–H and O–H groups in total. The van der Waals surface area contributed by atoms with Gasteiger partial charge in [0.2, 0.25) is 0 Å². The summed E-state index contributed by atoms with van der Waals surface area (Å²) in [7, 11) is 0. The highest BCUT2D eigenvalue weighted by molar-refractivity contribution is 5.71. The topological polar surface area (TPSA) is 78.4 Å². The molecule has 1 saturated heterocycles. The fraction of sp³-hybridized carbons (Fsp3) is 0.312. The second kappa shape index (κ2) is 6.60. The van der Waals surface area contributed by atoms with Crippen molar-refractivity contribution in [2.45, 2.75) is 12.8 Å². The summed E-state index contributed by atoms with van der Waals surface area (Å²) >= 11 is 0. The molecule has 1 aliphatic heterocycles. The first-order valence-corrected chi connectivity index (χ1v) is 7.44. The van der Waals surface area contributed by atoms with Crippen LogP contribution in [0.2, 0.25) is 0 Å². The predicted molar refractivity (Wildman–Crippen MR) is 84.3 cm³/mol. The molecule has 0 aliphatic carbocycles. The van der Waals surface area contributed by atoms with Crippen molar-refractivity contribution in [3.05, 3.63) is 42.5 Å². The molecule has 0 spiro atoms. The Morgan fingerprint density at radius 1 is 1.35 bits per heavy atom. The molecule has 1 atom stereocenters. The van der Waals surface area contributed by atoms with Crippen LogP contribution in [-0.4, -0.2) is 34.1 Å². The maximum Gasteiger partial charge on any atom is 0.308 e. The monoisotopic (exact) mass is 316 g/mol. The molecule has 120 valence electrons. The SMILES string of the molecule is O=C(O)[C@H]1CCCN(c2cc(Nc3cccc(F)c3)ncn2)C1. The van der Waals surface area contributed by atoms with Gasteiger partial charge >= 0.3 is 5.97 Å². The highest BCUT2D eigenvalue weighted by Gasteiger charge is 2.26. The largest absolute Gasteiger partial charge is 0.481 e. The lowest BCUT2D eigenvalue weighted by Gasteiger charge is -2.31. The quantitative estimate of drug-likeness (QED) is 0.903. The number of rotatable bonds is 4. The Hall–Kier alpha value is -2.70. The van der Waals surface area contributed by atoms with E-state index in [1.807, 2.05) is 4.90 Å². The standard InChI is InChI=1S/C16H17FN4O2/c17-12-4-1-5-13(7-12)20-14-8-15(19-10-18-14)21-6-2-3-11(9-21)16(22)23/h1,4-5,7-8,10-11H,2-3,6,9H2,(H,22,23)(H,18,19,20)/t11-/m0/s1. The molecule has 0 saturated carbocycles. The lowest BCUT2D eigenvalue weighted by Crippen LogP contribution is -2.39. The summed E-state index contributed by atoms with van der Waals surface area (Å²) in [5, 5.41) is 12.2. The van der Waals surface area contributed by atoms with E-state index < -0.39 is 5.97 Å². The van der Waals surface area contributed by atoms with Crippen molar-refractivity contribution in [1.29, 1.82) is 0 Å². The summed E-state index contributed by atoms with van der Waals surface area (Å²) in [6, 6.07) is 7.85. The maximum absolute atomic E-state index is 13.2. The Kier molecular flexibility index (Phi) is 4.36. The Morgan fingerprint density at radius 2 is 2.22 bits per heavy atom. The molecule has 0 bridgehead atoms. The average Bonchev–Trinajstić information content (AvgIpc) is 2.55. The van der Waals surface area contributed by atoms with Crippen molar-refractivity contribution >= 4 is 23.3 Å². The number of aliphatic carboxylic acids is 1. The number of benzene rings is 1. The molecule has 0 amide bonds. The molecule has 0 unspecified atom stereocenters. The van der Waals surface area contributed by atoms with Gasteiger partial charge in [-0.25, -0.2) is 14.4 Å². The van der Waals surface area contributed by atoms with E-state index in [0.29, 0.717) is 30.3 Å². The Morgan fingerprint density at radius 3 is 3.00 bits per heavy atom. The fourth-order valence-electron chi connectivity index (χ4n) is 2.69. The van der Waals surface area contributed by atoms with Crippen LogP contribution in [0.15, 0.2) is 36.7 Å². The maximum atomic E-state index is 13.2. The van der Waals surface area contributed by atoms with Crippen LogP contribution >= 0.6 is 0 Å². The molecule has 0 radical (unpaired) electrons. The van der Waals surface area contributed by atoms with Crippen molar-refractivity contribution in [2.24, 2.45) is 5.92 Å². The molecule has 2 heterocycles. The predicted octanol–water partition coefficient (Wildman–Crippen LogP) is 2.66. The first kappa shape index (κ1) is 15.2. The molecule has 1 aromatic carbocycles. The van der Waals surface area contributed by atoms with Gasteiger partial charge in [-0.2, -0.15) is 0 Å². The third kappa shape index (κ3) is 3.74. The second-order valence-corrected chi connectivity index (χ2v) is 5.52. The molecule has 1 aliphatic rings. The molecule has 7 heteroatoms. The van der Waals surface area contributed by atoms with E-state index >= 15 is 0 Å². The lowest BCUT2D eigenvalue weighted by molar-refractivity contribution is -0.141. The van der Waals surface area contributed by atoms with Crippen LogP contribution in [0.3, 0.4) is 0 Å². The van der Waals surface area contributed by atoms with Gasteiger partial charge in [-0.15, -0.1) is 0 Å². The number of piperidine rings is 1. The van der Waals surface area contributed by atoms with Crippen molar-refractivity contribution in [3.8, 4) is 0 Å². The Labute approximate surface area is 133 Å². The van der Waals surface area contributed by atoms with E-state index in [-0.39, 0.29) is 11.7 Å². The van der Waals surface area contributed by atoms with Gasteiger partial charge in [0, 0.05) is 24.8 Å². The third-order valence-electron chi connectivity index (χ3n) is 3.84. The zero-order valence-corrected chi connectivity index (χ0v) is 12.4. The minimum absolute atomic E-state index is 0.329. The highest BCUT2D eigenvalue weighted by Crippen LogP contribution is 2.24. The number of carbonyl (C=O) groups is 1. The van der Waals surface area contributed by atoms with E-state index in [9.17, 15) is 14.3 Å². The van der Waals surface area contributed by atoms with Crippen LogP contribution in [0, 0.1) is 11.7 Å². The van der Waals surface area contributed by atoms with Crippen LogP contribution in [0.25, 0.3) is 0 Å². The summed E-state index contributed by atoms with van der Waals surface area (Å²) in [6.07, 6.45) is 2.92.